The summed E-state index contributed by atoms with van der Waals surface area (Å²) in [6, 6.07) is 26.7. The average Bonchev–Trinajstić information content (AvgIpc) is 2.88. The zero-order valence-corrected chi connectivity index (χ0v) is 19.5. The molecule has 182 valence electrons. The summed E-state index contributed by atoms with van der Waals surface area (Å²) in [5.74, 6) is -0.691. The van der Waals surface area contributed by atoms with Crippen molar-refractivity contribution in [1.82, 2.24) is 0 Å². The van der Waals surface area contributed by atoms with E-state index in [-0.39, 0.29) is 23.2 Å². The number of carbonyl (C=O) groups excluding carboxylic acids is 1. The summed E-state index contributed by atoms with van der Waals surface area (Å²) in [5, 5.41) is 31.5. The van der Waals surface area contributed by atoms with Gasteiger partial charge >= 0.3 is 0 Å². The van der Waals surface area contributed by atoms with Crippen LogP contribution in [0, 0.1) is 11.7 Å². The number of phenolic OH excluding ortho intramolecular Hbond substituents is 2. The molecular weight excluding hydrogens is 457 g/mol. The molecule has 36 heavy (non-hydrogen) atoms. The first-order valence-electron chi connectivity index (χ1n) is 11.9. The molecule has 1 aliphatic heterocycles. The Balaban J connectivity index is 1.43. The third-order valence-electron chi connectivity index (χ3n) is 6.78. The van der Waals surface area contributed by atoms with Crippen LogP contribution in [0.2, 0.25) is 0 Å². The van der Waals surface area contributed by atoms with E-state index in [0.29, 0.717) is 24.0 Å². The van der Waals surface area contributed by atoms with Gasteiger partial charge in [-0.05, 0) is 72.0 Å². The standard InChI is InChI=1S/C30H26FNO4/c31-22-12-9-19(10-13-22)27(34)16-15-26-29(32(30(26)36)23-6-2-1-3-7-23)25-14-11-21(18-28(25)35)20-5-4-8-24(33)17-20/h1-14,17-18,26-27,29,33-35H,15-16H2/t26-,27+,29-/m1/s1. The lowest BCUT2D eigenvalue weighted by atomic mass is 9.77. The van der Waals surface area contributed by atoms with Gasteiger partial charge in [-0.1, -0.05) is 54.6 Å². The topological polar surface area (TPSA) is 81.0 Å². The Morgan fingerprint density at radius 3 is 2.25 bits per heavy atom. The first-order valence-corrected chi connectivity index (χ1v) is 11.9. The molecular formula is C30H26FNO4. The fourth-order valence-corrected chi connectivity index (χ4v) is 4.91. The molecule has 0 aromatic heterocycles. The Bertz CT molecular complexity index is 1370. The molecule has 6 heteroatoms. The van der Waals surface area contributed by atoms with Crippen molar-refractivity contribution >= 4 is 11.6 Å². The second-order valence-electron chi connectivity index (χ2n) is 9.06. The average molecular weight is 484 g/mol. The van der Waals surface area contributed by atoms with Crippen molar-refractivity contribution in [2.24, 2.45) is 5.92 Å². The molecule has 0 bridgehead atoms. The predicted octanol–water partition coefficient (Wildman–Crippen LogP) is 6.12. The number of para-hydroxylation sites is 1. The van der Waals surface area contributed by atoms with E-state index in [1.54, 1.807) is 41.3 Å². The first kappa shape index (κ1) is 23.6. The van der Waals surface area contributed by atoms with Gasteiger partial charge in [0.2, 0.25) is 5.91 Å². The predicted molar refractivity (Wildman–Crippen MR) is 136 cm³/mol. The normalized spacial score (nSPS) is 18.1. The van der Waals surface area contributed by atoms with Crippen LogP contribution < -0.4 is 4.90 Å². The summed E-state index contributed by atoms with van der Waals surface area (Å²) < 4.78 is 13.2. The van der Waals surface area contributed by atoms with E-state index in [4.69, 9.17) is 0 Å². The molecule has 1 saturated heterocycles. The highest BCUT2D eigenvalue weighted by atomic mass is 19.1. The van der Waals surface area contributed by atoms with Gasteiger partial charge < -0.3 is 20.2 Å². The number of amides is 1. The van der Waals surface area contributed by atoms with Crippen LogP contribution in [0.15, 0.2) is 97.1 Å². The maximum absolute atomic E-state index is 13.3. The first-order chi connectivity index (χ1) is 17.4. The van der Waals surface area contributed by atoms with Crippen molar-refractivity contribution < 1.29 is 24.5 Å². The maximum atomic E-state index is 13.3. The SMILES string of the molecule is O=C1[C@H](CC[C@H](O)c2ccc(F)cc2)[C@@H](c2ccc(-c3cccc(O)c3)cc2O)N1c1ccccc1. The van der Waals surface area contributed by atoms with E-state index in [1.165, 1.54) is 12.1 Å². The number of rotatable bonds is 7. The highest BCUT2D eigenvalue weighted by Crippen LogP contribution is 2.49. The molecule has 1 heterocycles. The lowest BCUT2D eigenvalue weighted by molar-refractivity contribution is -0.131. The molecule has 0 radical (unpaired) electrons. The molecule has 4 aromatic rings. The molecule has 0 aliphatic carbocycles. The van der Waals surface area contributed by atoms with Crippen molar-refractivity contribution in [3.63, 3.8) is 0 Å². The number of aliphatic hydroxyl groups excluding tert-OH is 1. The second-order valence-corrected chi connectivity index (χ2v) is 9.06. The van der Waals surface area contributed by atoms with Gasteiger partial charge in [-0.2, -0.15) is 0 Å². The third kappa shape index (κ3) is 4.55. The number of aromatic hydroxyl groups is 2. The molecule has 5 rings (SSSR count). The number of nitrogens with zero attached hydrogens (tertiary/aromatic N) is 1. The van der Waals surface area contributed by atoms with E-state index in [9.17, 15) is 24.5 Å². The fourth-order valence-electron chi connectivity index (χ4n) is 4.91. The zero-order valence-electron chi connectivity index (χ0n) is 19.5. The Hall–Kier alpha value is -4.16. The van der Waals surface area contributed by atoms with Crippen molar-refractivity contribution in [3.05, 3.63) is 114 Å². The smallest absolute Gasteiger partial charge is 0.233 e. The van der Waals surface area contributed by atoms with E-state index in [0.717, 1.165) is 16.8 Å². The van der Waals surface area contributed by atoms with E-state index in [2.05, 4.69) is 0 Å². The van der Waals surface area contributed by atoms with Gasteiger partial charge in [0, 0.05) is 11.3 Å². The number of carbonyl (C=O) groups is 1. The quantitative estimate of drug-likeness (QED) is 0.277. The second kappa shape index (κ2) is 9.84. The third-order valence-corrected chi connectivity index (χ3v) is 6.78. The highest BCUT2D eigenvalue weighted by molar-refractivity contribution is 6.03. The molecule has 5 nitrogen and oxygen atoms in total. The Morgan fingerprint density at radius 2 is 1.56 bits per heavy atom. The number of anilines is 1. The Labute approximate surface area is 208 Å². The zero-order chi connectivity index (χ0) is 25.2. The molecule has 3 N–H and O–H groups in total. The lowest BCUT2D eigenvalue weighted by Gasteiger charge is -2.48. The number of halogens is 1. The van der Waals surface area contributed by atoms with Crippen LogP contribution in [0.3, 0.4) is 0 Å². The van der Waals surface area contributed by atoms with Crippen LogP contribution in [-0.2, 0) is 4.79 Å². The minimum atomic E-state index is -0.827. The van der Waals surface area contributed by atoms with Gasteiger partial charge in [-0.25, -0.2) is 4.39 Å². The fraction of sp³-hybridized carbons (Fsp3) is 0.167. The van der Waals surface area contributed by atoms with Crippen LogP contribution in [0.1, 0.15) is 36.1 Å². The number of aliphatic hydroxyl groups is 1. The molecule has 1 amide bonds. The lowest BCUT2D eigenvalue weighted by Crippen LogP contribution is -2.55. The molecule has 4 aromatic carbocycles. The summed E-state index contributed by atoms with van der Waals surface area (Å²) in [7, 11) is 0. The molecule has 3 atom stereocenters. The largest absolute Gasteiger partial charge is 0.508 e. The maximum Gasteiger partial charge on any atom is 0.233 e. The summed E-state index contributed by atoms with van der Waals surface area (Å²) >= 11 is 0. The molecule has 1 fully saturated rings. The van der Waals surface area contributed by atoms with Gasteiger partial charge in [-0.15, -0.1) is 0 Å². The number of phenols is 2. The molecule has 0 spiro atoms. The molecule has 0 unspecified atom stereocenters. The summed E-state index contributed by atoms with van der Waals surface area (Å²) in [4.78, 5) is 14.9. The van der Waals surface area contributed by atoms with Crippen LogP contribution in [0.25, 0.3) is 11.1 Å². The summed E-state index contributed by atoms with van der Waals surface area (Å²) in [6.45, 7) is 0. The number of benzene rings is 4. The van der Waals surface area contributed by atoms with E-state index >= 15 is 0 Å². The van der Waals surface area contributed by atoms with Gasteiger partial charge in [0.1, 0.15) is 17.3 Å². The van der Waals surface area contributed by atoms with E-state index < -0.39 is 18.1 Å². The van der Waals surface area contributed by atoms with Gasteiger partial charge in [0.25, 0.3) is 0 Å². The van der Waals surface area contributed by atoms with Crippen molar-refractivity contribution in [2.45, 2.75) is 25.0 Å². The van der Waals surface area contributed by atoms with E-state index in [1.807, 2.05) is 48.5 Å². The van der Waals surface area contributed by atoms with Gasteiger partial charge in [0.15, 0.2) is 0 Å². The van der Waals surface area contributed by atoms with Crippen LogP contribution in [0.5, 0.6) is 11.5 Å². The van der Waals surface area contributed by atoms with Gasteiger partial charge in [-0.3, -0.25) is 4.79 Å². The Morgan fingerprint density at radius 1 is 0.833 bits per heavy atom. The summed E-state index contributed by atoms with van der Waals surface area (Å²) in [5.41, 5.74) is 3.45. The Kier molecular flexibility index (Phi) is 6.44. The number of β-lactam (4-membered cyclic amide) rings is 1. The highest BCUT2D eigenvalue weighted by Gasteiger charge is 2.49. The van der Waals surface area contributed by atoms with Crippen molar-refractivity contribution in [1.29, 1.82) is 0 Å². The van der Waals surface area contributed by atoms with Crippen LogP contribution in [-0.4, -0.2) is 21.2 Å². The minimum Gasteiger partial charge on any atom is -0.508 e. The number of hydrogen-bond acceptors (Lipinski definition) is 4. The van der Waals surface area contributed by atoms with Gasteiger partial charge in [0.05, 0.1) is 18.1 Å². The number of hydrogen-bond donors (Lipinski definition) is 3. The van der Waals surface area contributed by atoms with Crippen molar-refractivity contribution in [2.75, 3.05) is 4.90 Å². The van der Waals surface area contributed by atoms with Crippen molar-refractivity contribution in [3.8, 4) is 22.6 Å². The van der Waals surface area contributed by atoms with Crippen LogP contribution >= 0.6 is 0 Å². The monoisotopic (exact) mass is 483 g/mol. The molecule has 0 saturated carbocycles. The van der Waals surface area contributed by atoms with Crippen LogP contribution in [0.4, 0.5) is 10.1 Å². The minimum absolute atomic E-state index is 0.0540. The molecule has 1 aliphatic rings. The summed E-state index contributed by atoms with van der Waals surface area (Å²) in [6.07, 6.45) is -0.103.